The minimum Gasteiger partial charge on any atom is -0.382 e. The number of hydrogen-bond donors (Lipinski definition) is 1. The predicted octanol–water partition coefficient (Wildman–Crippen LogP) is 2.09. The fourth-order valence-corrected chi connectivity index (χ4v) is 1.97. The van der Waals surface area contributed by atoms with Gasteiger partial charge in [-0.2, -0.15) is 0 Å². The quantitative estimate of drug-likeness (QED) is 0.795. The van der Waals surface area contributed by atoms with Gasteiger partial charge in [0.05, 0.1) is 25.2 Å². The molecule has 22 heavy (non-hydrogen) atoms. The Bertz CT molecular complexity index is 620. The number of rotatable bonds is 7. The van der Waals surface area contributed by atoms with Crippen LogP contribution in [-0.4, -0.2) is 42.4 Å². The zero-order valence-electron chi connectivity index (χ0n) is 13.1. The number of nitrogens with one attached hydrogen (secondary N) is 1. The normalized spacial score (nSPS) is 10.7. The average Bonchev–Trinajstić information content (AvgIpc) is 2.84. The molecule has 0 aliphatic carbocycles. The van der Waals surface area contributed by atoms with E-state index in [0.29, 0.717) is 13.2 Å². The second-order valence-electron chi connectivity index (χ2n) is 4.93. The van der Waals surface area contributed by atoms with Crippen molar-refractivity contribution in [2.75, 3.05) is 32.2 Å². The Kier molecular flexibility index (Phi) is 5.68. The largest absolute Gasteiger partial charge is 0.382 e. The predicted molar refractivity (Wildman–Crippen MR) is 84.4 cm³/mol. The minimum atomic E-state index is -0.182. The molecular formula is C16H21N3O3. The van der Waals surface area contributed by atoms with Crippen molar-refractivity contribution in [1.82, 2.24) is 9.55 Å². The molecule has 0 aliphatic rings. The van der Waals surface area contributed by atoms with E-state index in [1.165, 1.54) is 0 Å². The highest BCUT2D eigenvalue weighted by atomic mass is 16.5. The first-order valence-corrected chi connectivity index (χ1v) is 7.09. The lowest BCUT2D eigenvalue weighted by Crippen LogP contribution is -2.19. The molecule has 1 heterocycles. The Morgan fingerprint density at radius 2 is 1.95 bits per heavy atom. The maximum absolute atomic E-state index is 11.7. The molecule has 6 nitrogen and oxygen atoms in total. The lowest BCUT2D eigenvalue weighted by atomic mass is 10.2. The first-order chi connectivity index (χ1) is 10.6. The van der Waals surface area contributed by atoms with Crippen LogP contribution in [0.4, 0.5) is 5.69 Å². The number of amides is 1. The van der Waals surface area contributed by atoms with Crippen LogP contribution in [0.2, 0.25) is 0 Å². The van der Waals surface area contributed by atoms with E-state index < -0.39 is 0 Å². The monoisotopic (exact) mass is 303 g/mol. The molecule has 2 aromatic rings. The Balaban J connectivity index is 1.92. The van der Waals surface area contributed by atoms with Crippen LogP contribution in [0.3, 0.4) is 0 Å². The van der Waals surface area contributed by atoms with Gasteiger partial charge in [0.25, 0.3) is 0 Å². The number of imidazole rings is 1. The van der Waals surface area contributed by atoms with E-state index in [-0.39, 0.29) is 12.5 Å². The highest BCUT2D eigenvalue weighted by Gasteiger charge is 2.06. The summed E-state index contributed by atoms with van der Waals surface area (Å²) in [4.78, 5) is 16.0. The van der Waals surface area contributed by atoms with Gasteiger partial charge in [-0.25, -0.2) is 4.98 Å². The SMILES string of the molecule is COCCOCC(=O)Nc1ccc(-n2cnc(C)c2C)cc1. The molecule has 0 radical (unpaired) electrons. The van der Waals surface area contributed by atoms with Crippen LogP contribution in [0.25, 0.3) is 5.69 Å². The Morgan fingerprint density at radius 3 is 2.55 bits per heavy atom. The number of carbonyl (C=O) groups excluding carboxylic acids is 1. The highest BCUT2D eigenvalue weighted by molar-refractivity contribution is 5.91. The standard InChI is InChI=1S/C16H21N3O3/c1-12-13(2)19(11-17-12)15-6-4-14(5-7-15)18-16(20)10-22-9-8-21-3/h4-7,11H,8-10H2,1-3H3,(H,18,20). The van der Waals surface area contributed by atoms with E-state index in [9.17, 15) is 4.79 Å². The van der Waals surface area contributed by atoms with Crippen LogP contribution in [-0.2, 0) is 14.3 Å². The van der Waals surface area contributed by atoms with Gasteiger partial charge < -0.3 is 19.4 Å². The summed E-state index contributed by atoms with van der Waals surface area (Å²) in [5.74, 6) is -0.182. The maximum atomic E-state index is 11.7. The molecule has 6 heteroatoms. The number of benzene rings is 1. The summed E-state index contributed by atoms with van der Waals surface area (Å²) in [5.41, 5.74) is 3.85. The third-order valence-electron chi connectivity index (χ3n) is 3.35. The van der Waals surface area contributed by atoms with E-state index in [0.717, 1.165) is 22.8 Å². The Morgan fingerprint density at radius 1 is 1.23 bits per heavy atom. The first kappa shape index (κ1) is 16.2. The van der Waals surface area contributed by atoms with Crippen LogP contribution >= 0.6 is 0 Å². The van der Waals surface area contributed by atoms with Gasteiger partial charge in [-0.05, 0) is 38.1 Å². The van der Waals surface area contributed by atoms with Crippen molar-refractivity contribution >= 4 is 11.6 Å². The molecular weight excluding hydrogens is 282 g/mol. The van der Waals surface area contributed by atoms with Gasteiger partial charge in [0.15, 0.2) is 0 Å². The van der Waals surface area contributed by atoms with E-state index >= 15 is 0 Å². The molecule has 1 N–H and O–H groups in total. The van der Waals surface area contributed by atoms with Crippen LogP contribution < -0.4 is 5.32 Å². The lowest BCUT2D eigenvalue weighted by molar-refractivity contribution is -0.121. The van der Waals surface area contributed by atoms with Gasteiger partial charge in [-0.1, -0.05) is 0 Å². The zero-order valence-corrected chi connectivity index (χ0v) is 13.1. The number of anilines is 1. The van der Waals surface area contributed by atoms with Gasteiger partial charge in [0.1, 0.15) is 6.61 Å². The van der Waals surface area contributed by atoms with Crippen molar-refractivity contribution in [2.24, 2.45) is 0 Å². The summed E-state index contributed by atoms with van der Waals surface area (Å²) < 4.78 is 12.0. The number of aryl methyl sites for hydroxylation is 1. The van der Waals surface area contributed by atoms with E-state index in [4.69, 9.17) is 9.47 Å². The molecule has 1 aromatic carbocycles. The lowest BCUT2D eigenvalue weighted by Gasteiger charge is -2.09. The van der Waals surface area contributed by atoms with Gasteiger partial charge in [0.2, 0.25) is 5.91 Å². The number of nitrogens with zero attached hydrogens (tertiary/aromatic N) is 2. The smallest absolute Gasteiger partial charge is 0.250 e. The summed E-state index contributed by atoms with van der Waals surface area (Å²) in [5, 5.41) is 2.79. The van der Waals surface area contributed by atoms with E-state index in [2.05, 4.69) is 10.3 Å². The molecule has 0 atom stereocenters. The number of aromatic nitrogens is 2. The molecule has 0 saturated carbocycles. The van der Waals surface area contributed by atoms with Gasteiger partial charge in [-0.3, -0.25) is 4.79 Å². The summed E-state index contributed by atoms with van der Waals surface area (Å²) >= 11 is 0. The molecule has 0 saturated heterocycles. The van der Waals surface area contributed by atoms with Crippen molar-refractivity contribution in [3.05, 3.63) is 42.0 Å². The highest BCUT2D eigenvalue weighted by Crippen LogP contribution is 2.16. The molecule has 0 bridgehead atoms. The summed E-state index contributed by atoms with van der Waals surface area (Å²) in [6, 6.07) is 7.60. The molecule has 2 rings (SSSR count). The van der Waals surface area contributed by atoms with Gasteiger partial charge >= 0.3 is 0 Å². The second kappa shape index (κ2) is 7.72. The Labute approximate surface area is 130 Å². The van der Waals surface area contributed by atoms with Crippen molar-refractivity contribution in [1.29, 1.82) is 0 Å². The average molecular weight is 303 g/mol. The van der Waals surface area contributed by atoms with Gasteiger partial charge in [0, 0.05) is 24.2 Å². The summed E-state index contributed by atoms with van der Waals surface area (Å²) in [6.07, 6.45) is 1.79. The van der Waals surface area contributed by atoms with Crippen molar-refractivity contribution in [3.63, 3.8) is 0 Å². The maximum Gasteiger partial charge on any atom is 0.250 e. The van der Waals surface area contributed by atoms with E-state index in [1.54, 1.807) is 13.4 Å². The van der Waals surface area contributed by atoms with Crippen LogP contribution in [0.5, 0.6) is 0 Å². The first-order valence-electron chi connectivity index (χ1n) is 7.09. The van der Waals surface area contributed by atoms with Crippen molar-refractivity contribution in [2.45, 2.75) is 13.8 Å². The summed E-state index contributed by atoms with van der Waals surface area (Å²) in [6.45, 7) is 4.90. The van der Waals surface area contributed by atoms with Crippen LogP contribution in [0.15, 0.2) is 30.6 Å². The molecule has 0 unspecified atom stereocenters. The molecule has 0 fully saturated rings. The third kappa shape index (κ3) is 4.16. The number of ether oxygens (including phenoxy) is 2. The molecule has 1 amide bonds. The Hall–Kier alpha value is -2.18. The van der Waals surface area contributed by atoms with Gasteiger partial charge in [-0.15, -0.1) is 0 Å². The van der Waals surface area contributed by atoms with Crippen LogP contribution in [0.1, 0.15) is 11.4 Å². The van der Waals surface area contributed by atoms with Crippen molar-refractivity contribution in [3.8, 4) is 5.69 Å². The zero-order chi connectivity index (χ0) is 15.9. The molecule has 0 aliphatic heterocycles. The van der Waals surface area contributed by atoms with E-state index in [1.807, 2.05) is 42.7 Å². The number of hydrogen-bond acceptors (Lipinski definition) is 4. The fourth-order valence-electron chi connectivity index (χ4n) is 1.97. The third-order valence-corrected chi connectivity index (χ3v) is 3.35. The number of methoxy groups -OCH3 is 1. The molecule has 0 spiro atoms. The number of carbonyl (C=O) groups is 1. The summed E-state index contributed by atoms with van der Waals surface area (Å²) in [7, 11) is 1.59. The minimum absolute atomic E-state index is 0.0188. The van der Waals surface area contributed by atoms with Crippen molar-refractivity contribution < 1.29 is 14.3 Å². The molecule has 118 valence electrons. The van der Waals surface area contributed by atoms with Crippen LogP contribution in [0, 0.1) is 13.8 Å². The molecule has 1 aromatic heterocycles. The second-order valence-corrected chi connectivity index (χ2v) is 4.93. The fraction of sp³-hybridized carbons (Fsp3) is 0.375. The topological polar surface area (TPSA) is 65.4 Å².